The number of nitrogens with zero attached hydrogens (tertiary/aromatic N) is 5. The Hall–Kier alpha value is -3.16. The molecule has 1 saturated heterocycles. The molecule has 1 aromatic carbocycles. The van der Waals surface area contributed by atoms with Gasteiger partial charge in [-0.15, -0.1) is 0 Å². The molecule has 2 atom stereocenters. The highest BCUT2D eigenvalue weighted by molar-refractivity contribution is 5.81. The molecule has 3 heterocycles. The molecule has 0 unspecified atom stereocenters. The number of aryl methyl sites for hydroxylation is 1. The number of rotatable bonds is 6. The maximum atomic E-state index is 13.2. The van der Waals surface area contributed by atoms with E-state index in [1.165, 1.54) is 0 Å². The first-order valence-electron chi connectivity index (χ1n) is 10.3. The lowest BCUT2D eigenvalue weighted by Crippen LogP contribution is -2.46. The van der Waals surface area contributed by atoms with Crippen LogP contribution >= 0.6 is 0 Å². The number of piperidine rings is 1. The van der Waals surface area contributed by atoms with Crippen molar-refractivity contribution in [3.05, 3.63) is 42.4 Å². The highest BCUT2D eigenvalue weighted by Gasteiger charge is 2.32. The van der Waals surface area contributed by atoms with E-state index in [9.17, 15) is 4.79 Å². The molecule has 1 amide bonds. The average molecular weight is 409 g/mol. The molecule has 2 aromatic heterocycles. The molecule has 0 radical (unpaired) electrons. The number of methoxy groups -OCH3 is 1. The van der Waals surface area contributed by atoms with Crippen molar-refractivity contribution in [2.24, 2.45) is 7.05 Å². The summed E-state index contributed by atoms with van der Waals surface area (Å²) in [6, 6.07) is 7.31. The largest absolute Gasteiger partial charge is 0.497 e. The lowest BCUT2D eigenvalue weighted by molar-refractivity contribution is -0.140. The number of likely N-dealkylation sites (tertiary alicyclic amines) is 1. The number of carbonyl (C=O) groups excluding carboxylic acids is 1. The minimum Gasteiger partial charge on any atom is -0.497 e. The molecule has 1 fully saturated rings. The first-order chi connectivity index (χ1) is 14.6. The van der Waals surface area contributed by atoms with Crippen LogP contribution in [-0.4, -0.2) is 56.9 Å². The first-order valence-corrected chi connectivity index (χ1v) is 10.3. The number of hydrogen-bond donors (Lipinski definition) is 0. The maximum absolute atomic E-state index is 13.2. The summed E-state index contributed by atoms with van der Waals surface area (Å²) >= 11 is 0. The molecule has 0 aliphatic carbocycles. The highest BCUT2D eigenvalue weighted by atomic mass is 16.5. The van der Waals surface area contributed by atoms with Gasteiger partial charge in [0, 0.05) is 38.4 Å². The van der Waals surface area contributed by atoms with Crippen molar-refractivity contribution in [2.75, 3.05) is 20.2 Å². The summed E-state index contributed by atoms with van der Waals surface area (Å²) in [5, 5.41) is 4.67. The number of amides is 1. The van der Waals surface area contributed by atoms with Crippen molar-refractivity contribution in [1.82, 2.24) is 24.6 Å². The van der Waals surface area contributed by atoms with E-state index in [0.717, 1.165) is 42.0 Å². The second-order valence-corrected chi connectivity index (χ2v) is 7.55. The summed E-state index contributed by atoms with van der Waals surface area (Å²) in [7, 11) is 3.50. The van der Waals surface area contributed by atoms with E-state index in [2.05, 4.69) is 15.1 Å². The van der Waals surface area contributed by atoms with Crippen LogP contribution in [0, 0.1) is 0 Å². The van der Waals surface area contributed by atoms with E-state index in [1.807, 2.05) is 43.1 Å². The van der Waals surface area contributed by atoms with E-state index in [0.29, 0.717) is 18.7 Å². The molecular weight excluding hydrogens is 382 g/mol. The standard InChI is InChI=1S/C22H27N5O3/c1-4-18(30-17-9-7-16(29-3)8-10-17)22(28)27-13-5-6-15(14-27)19-20-21(26(2)25-19)24-12-11-23-20/h7-12,15,18H,4-6,13-14H2,1-3H3/t15-,18+/m0/s1. The van der Waals surface area contributed by atoms with Gasteiger partial charge in [-0.05, 0) is 43.5 Å². The number of benzene rings is 1. The lowest BCUT2D eigenvalue weighted by atomic mass is 9.94. The normalized spacial score (nSPS) is 17.7. The molecule has 4 rings (SSSR count). The maximum Gasteiger partial charge on any atom is 0.263 e. The third-order valence-corrected chi connectivity index (χ3v) is 5.59. The fraction of sp³-hybridized carbons (Fsp3) is 0.455. The van der Waals surface area contributed by atoms with Gasteiger partial charge in [0.15, 0.2) is 11.8 Å². The molecule has 0 spiro atoms. The van der Waals surface area contributed by atoms with Crippen molar-refractivity contribution >= 4 is 17.1 Å². The van der Waals surface area contributed by atoms with Crippen LogP contribution in [-0.2, 0) is 11.8 Å². The van der Waals surface area contributed by atoms with Crippen molar-refractivity contribution in [3.8, 4) is 11.5 Å². The van der Waals surface area contributed by atoms with Gasteiger partial charge >= 0.3 is 0 Å². The number of fused-ring (bicyclic) bond motifs is 1. The molecule has 30 heavy (non-hydrogen) atoms. The minimum absolute atomic E-state index is 0.0179. The topological polar surface area (TPSA) is 82.4 Å². The number of carbonyl (C=O) groups is 1. The fourth-order valence-corrected chi connectivity index (χ4v) is 4.01. The molecule has 0 N–H and O–H groups in total. The monoisotopic (exact) mass is 409 g/mol. The van der Waals surface area contributed by atoms with Crippen LogP contribution in [0.1, 0.15) is 37.8 Å². The van der Waals surface area contributed by atoms with Crippen molar-refractivity contribution in [1.29, 1.82) is 0 Å². The van der Waals surface area contributed by atoms with E-state index in [-0.39, 0.29) is 11.8 Å². The molecule has 3 aromatic rings. The van der Waals surface area contributed by atoms with Crippen molar-refractivity contribution < 1.29 is 14.3 Å². The highest BCUT2D eigenvalue weighted by Crippen LogP contribution is 2.30. The third-order valence-electron chi connectivity index (χ3n) is 5.59. The molecule has 1 aliphatic rings. The number of hydrogen-bond acceptors (Lipinski definition) is 6. The lowest BCUT2D eigenvalue weighted by Gasteiger charge is -2.34. The molecule has 0 bridgehead atoms. The molecule has 8 heteroatoms. The van der Waals surface area contributed by atoms with Crippen LogP contribution in [0.15, 0.2) is 36.7 Å². The van der Waals surface area contributed by atoms with Crippen LogP contribution in [0.5, 0.6) is 11.5 Å². The molecule has 1 aliphatic heterocycles. The number of aromatic nitrogens is 4. The van der Waals surface area contributed by atoms with Gasteiger partial charge in [0.1, 0.15) is 17.0 Å². The van der Waals surface area contributed by atoms with Crippen LogP contribution in [0.2, 0.25) is 0 Å². The van der Waals surface area contributed by atoms with E-state index in [4.69, 9.17) is 9.47 Å². The van der Waals surface area contributed by atoms with Crippen LogP contribution in [0.25, 0.3) is 11.2 Å². The van der Waals surface area contributed by atoms with Gasteiger partial charge in [-0.1, -0.05) is 6.92 Å². The summed E-state index contributed by atoms with van der Waals surface area (Å²) < 4.78 is 12.9. The number of ether oxygens (including phenoxy) is 2. The van der Waals surface area contributed by atoms with Gasteiger partial charge in [-0.3, -0.25) is 4.79 Å². The molecule has 0 saturated carbocycles. The Morgan fingerprint density at radius 1 is 1.20 bits per heavy atom. The summed E-state index contributed by atoms with van der Waals surface area (Å²) in [5.41, 5.74) is 2.51. The Kier molecular flexibility index (Phi) is 5.83. The Labute approximate surface area is 175 Å². The molecule has 158 valence electrons. The van der Waals surface area contributed by atoms with Gasteiger partial charge in [0.25, 0.3) is 5.91 Å². The Balaban J connectivity index is 1.49. The Morgan fingerprint density at radius 3 is 2.67 bits per heavy atom. The zero-order chi connectivity index (χ0) is 21.1. The molecular formula is C22H27N5O3. The summed E-state index contributed by atoms with van der Waals surface area (Å²) in [6.07, 6.45) is 5.35. The van der Waals surface area contributed by atoms with E-state index in [1.54, 1.807) is 24.2 Å². The average Bonchev–Trinajstić information content (AvgIpc) is 3.14. The predicted molar refractivity (Wildman–Crippen MR) is 113 cm³/mol. The second-order valence-electron chi connectivity index (χ2n) is 7.55. The van der Waals surface area contributed by atoms with E-state index >= 15 is 0 Å². The Bertz CT molecular complexity index is 1020. The second kappa shape index (κ2) is 8.69. The first kappa shape index (κ1) is 20.1. The van der Waals surface area contributed by atoms with Gasteiger partial charge in [-0.2, -0.15) is 5.10 Å². The predicted octanol–water partition coefficient (Wildman–Crippen LogP) is 2.94. The van der Waals surface area contributed by atoms with Crippen molar-refractivity contribution in [2.45, 2.75) is 38.2 Å². The van der Waals surface area contributed by atoms with Crippen LogP contribution in [0.3, 0.4) is 0 Å². The smallest absolute Gasteiger partial charge is 0.263 e. The minimum atomic E-state index is -0.516. The fourth-order valence-electron chi connectivity index (χ4n) is 4.01. The van der Waals surface area contributed by atoms with Gasteiger partial charge in [0.05, 0.1) is 12.8 Å². The molecule has 8 nitrogen and oxygen atoms in total. The Morgan fingerprint density at radius 2 is 1.93 bits per heavy atom. The van der Waals surface area contributed by atoms with Gasteiger partial charge in [0.2, 0.25) is 0 Å². The SMILES string of the molecule is CC[C@@H](Oc1ccc(OC)cc1)C(=O)N1CCC[C@H](c2nn(C)c3nccnc23)C1. The van der Waals surface area contributed by atoms with Crippen LogP contribution < -0.4 is 9.47 Å². The van der Waals surface area contributed by atoms with Gasteiger partial charge in [-0.25, -0.2) is 14.6 Å². The zero-order valence-electron chi connectivity index (χ0n) is 17.6. The summed E-state index contributed by atoms with van der Waals surface area (Å²) in [5.74, 6) is 1.58. The van der Waals surface area contributed by atoms with Gasteiger partial charge < -0.3 is 14.4 Å². The van der Waals surface area contributed by atoms with Crippen LogP contribution in [0.4, 0.5) is 0 Å². The summed E-state index contributed by atoms with van der Waals surface area (Å²) in [4.78, 5) is 24.0. The quantitative estimate of drug-likeness (QED) is 0.623. The third kappa shape index (κ3) is 3.94. The van der Waals surface area contributed by atoms with E-state index < -0.39 is 6.10 Å². The summed E-state index contributed by atoms with van der Waals surface area (Å²) in [6.45, 7) is 3.31. The zero-order valence-corrected chi connectivity index (χ0v) is 17.6. The van der Waals surface area contributed by atoms with Crippen molar-refractivity contribution in [3.63, 3.8) is 0 Å².